The summed E-state index contributed by atoms with van der Waals surface area (Å²) >= 11 is 1.59. The van der Waals surface area contributed by atoms with Crippen LogP contribution in [0.25, 0.3) is 10.8 Å². The maximum Gasteiger partial charge on any atom is 0.257 e. The highest BCUT2D eigenvalue weighted by molar-refractivity contribution is 7.98. The van der Waals surface area contributed by atoms with Gasteiger partial charge in [0.25, 0.3) is 5.91 Å². The molecule has 1 amide bonds. The molecule has 29 heavy (non-hydrogen) atoms. The first-order chi connectivity index (χ1) is 13.7. The van der Waals surface area contributed by atoms with Crippen molar-refractivity contribution < 1.29 is 4.79 Å². The van der Waals surface area contributed by atoms with Gasteiger partial charge in [0, 0.05) is 28.4 Å². The lowest BCUT2D eigenvalue weighted by atomic mass is 10.2. The summed E-state index contributed by atoms with van der Waals surface area (Å²) < 4.78 is 0. The van der Waals surface area contributed by atoms with Crippen LogP contribution in [0.15, 0.2) is 84.0 Å². The van der Waals surface area contributed by atoms with Gasteiger partial charge < -0.3 is 11.1 Å². The normalized spacial score (nSPS) is 10.3. The maximum absolute atomic E-state index is 12.8. The quantitative estimate of drug-likeness (QED) is 0.433. The molecule has 0 fully saturated rings. The fourth-order valence-corrected chi connectivity index (χ4v) is 3.85. The third-order valence-electron chi connectivity index (χ3n) is 4.24. The van der Waals surface area contributed by atoms with Gasteiger partial charge in [-0.15, -0.1) is 24.2 Å². The Bertz CT molecular complexity index is 1150. The molecule has 0 spiro atoms. The Hall–Kier alpha value is -3.09. The number of pyridine rings is 2. The monoisotopic (exact) mass is 422 g/mol. The molecule has 0 aliphatic heterocycles. The zero-order valence-corrected chi connectivity index (χ0v) is 17.0. The van der Waals surface area contributed by atoms with Crippen molar-refractivity contribution in [1.29, 1.82) is 0 Å². The number of amides is 1. The van der Waals surface area contributed by atoms with Crippen LogP contribution in [0.2, 0.25) is 0 Å². The van der Waals surface area contributed by atoms with Gasteiger partial charge in [0.05, 0.1) is 5.56 Å². The van der Waals surface area contributed by atoms with Crippen molar-refractivity contribution in [3.05, 3.63) is 90.3 Å². The van der Waals surface area contributed by atoms with Crippen molar-refractivity contribution >= 4 is 52.5 Å². The van der Waals surface area contributed by atoms with Crippen LogP contribution in [0.4, 0.5) is 11.6 Å². The van der Waals surface area contributed by atoms with E-state index in [1.165, 1.54) is 0 Å². The van der Waals surface area contributed by atoms with Gasteiger partial charge in [-0.05, 0) is 41.3 Å². The van der Waals surface area contributed by atoms with Crippen molar-refractivity contribution in [3.8, 4) is 0 Å². The predicted octanol–water partition coefficient (Wildman–Crippen LogP) is 5.18. The van der Waals surface area contributed by atoms with Crippen molar-refractivity contribution in [2.45, 2.75) is 10.6 Å². The molecule has 2 heterocycles. The number of carbonyl (C=O) groups is 1. The Labute approximate surface area is 179 Å². The summed E-state index contributed by atoms with van der Waals surface area (Å²) in [6.45, 7) is 0. The molecule has 0 aliphatic carbocycles. The molecule has 0 atom stereocenters. The molecule has 4 rings (SSSR count). The fraction of sp³-hybridized carbons (Fsp3) is 0.0455. The van der Waals surface area contributed by atoms with Gasteiger partial charge in [-0.25, -0.2) is 9.97 Å². The van der Waals surface area contributed by atoms with Crippen molar-refractivity contribution in [1.82, 2.24) is 9.97 Å². The smallest absolute Gasteiger partial charge is 0.257 e. The van der Waals surface area contributed by atoms with Gasteiger partial charge in [0.1, 0.15) is 11.6 Å². The molecule has 0 unspecified atom stereocenters. The Balaban J connectivity index is 0.00000240. The molecule has 2 aromatic heterocycles. The molecule has 146 valence electrons. The molecule has 0 saturated carbocycles. The van der Waals surface area contributed by atoms with Crippen LogP contribution in [0.3, 0.4) is 0 Å². The van der Waals surface area contributed by atoms with E-state index in [1.54, 1.807) is 24.2 Å². The number of anilines is 2. The van der Waals surface area contributed by atoms with Gasteiger partial charge in [-0.2, -0.15) is 0 Å². The van der Waals surface area contributed by atoms with E-state index in [1.807, 2.05) is 66.7 Å². The summed E-state index contributed by atoms with van der Waals surface area (Å²) in [5.74, 6) is 1.54. The second-order valence-electron chi connectivity index (χ2n) is 6.24. The Morgan fingerprint density at radius 1 is 0.966 bits per heavy atom. The Morgan fingerprint density at radius 2 is 1.72 bits per heavy atom. The van der Waals surface area contributed by atoms with E-state index in [-0.39, 0.29) is 18.3 Å². The number of nitrogens with two attached hydrogens (primary N) is 1. The molecular formula is C22H19ClN4OS. The summed E-state index contributed by atoms with van der Waals surface area (Å²) in [5, 5.41) is 4.97. The summed E-state index contributed by atoms with van der Waals surface area (Å²) in [4.78, 5) is 22.1. The molecule has 0 radical (unpaired) electrons. The van der Waals surface area contributed by atoms with Crippen LogP contribution in [-0.2, 0) is 5.75 Å². The molecule has 0 bridgehead atoms. The fourth-order valence-electron chi connectivity index (χ4n) is 2.86. The average molecular weight is 423 g/mol. The number of hydrogen-bond donors (Lipinski definition) is 2. The van der Waals surface area contributed by atoms with E-state index in [0.717, 1.165) is 21.2 Å². The lowest BCUT2D eigenvalue weighted by molar-refractivity contribution is 0.102. The van der Waals surface area contributed by atoms with Crippen molar-refractivity contribution in [3.63, 3.8) is 0 Å². The second-order valence-corrected chi connectivity index (χ2v) is 7.26. The van der Waals surface area contributed by atoms with Gasteiger partial charge in [0.15, 0.2) is 0 Å². The van der Waals surface area contributed by atoms with Crippen LogP contribution in [0.1, 0.15) is 15.9 Å². The molecule has 3 N–H and O–H groups in total. The van der Waals surface area contributed by atoms with E-state index in [2.05, 4.69) is 15.3 Å². The van der Waals surface area contributed by atoms with Crippen LogP contribution >= 0.6 is 24.2 Å². The van der Waals surface area contributed by atoms with Crippen LogP contribution in [0, 0.1) is 0 Å². The van der Waals surface area contributed by atoms with Crippen LogP contribution in [0.5, 0.6) is 0 Å². The van der Waals surface area contributed by atoms with E-state index in [0.29, 0.717) is 23.0 Å². The maximum atomic E-state index is 12.8. The first-order valence-corrected chi connectivity index (χ1v) is 9.76. The average Bonchev–Trinajstić information content (AvgIpc) is 2.72. The number of rotatable bonds is 5. The molecule has 7 heteroatoms. The Morgan fingerprint density at radius 3 is 2.55 bits per heavy atom. The summed E-state index contributed by atoms with van der Waals surface area (Å²) in [7, 11) is 0. The third kappa shape index (κ3) is 5.04. The number of hydrogen-bond acceptors (Lipinski definition) is 5. The summed E-state index contributed by atoms with van der Waals surface area (Å²) in [6, 6.07) is 21.1. The Kier molecular flexibility index (Phi) is 6.69. The number of nitrogen functional groups attached to an aromatic ring is 1. The first-order valence-electron chi connectivity index (χ1n) is 8.77. The van der Waals surface area contributed by atoms with Gasteiger partial charge in [-0.3, -0.25) is 4.79 Å². The van der Waals surface area contributed by atoms with Crippen molar-refractivity contribution in [2.24, 2.45) is 0 Å². The minimum atomic E-state index is -0.180. The largest absolute Gasteiger partial charge is 0.384 e. The van der Waals surface area contributed by atoms with E-state index in [9.17, 15) is 4.79 Å². The van der Waals surface area contributed by atoms with E-state index >= 15 is 0 Å². The molecule has 4 aromatic rings. The summed E-state index contributed by atoms with van der Waals surface area (Å²) in [6.07, 6.45) is 3.45. The van der Waals surface area contributed by atoms with Crippen LogP contribution in [-0.4, -0.2) is 15.9 Å². The standard InChI is InChI=1S/C22H18N4OS.ClH/c23-20-11-15(9-10-24-20)14-28-19-8-4-3-7-18(19)22(27)26-21-12-16-5-1-2-6-17(16)13-25-21;/h1-13H,14H2,(H2,23,24)(H,25,26,27);1H. The highest BCUT2D eigenvalue weighted by atomic mass is 35.5. The van der Waals surface area contributed by atoms with E-state index < -0.39 is 0 Å². The number of halogens is 1. The number of aromatic nitrogens is 2. The lowest BCUT2D eigenvalue weighted by Crippen LogP contribution is -2.14. The zero-order valence-electron chi connectivity index (χ0n) is 15.4. The number of nitrogens with zero attached hydrogens (tertiary/aromatic N) is 2. The van der Waals surface area contributed by atoms with Gasteiger partial charge in [0.2, 0.25) is 0 Å². The number of fused-ring (bicyclic) bond motifs is 1. The first kappa shape index (κ1) is 20.6. The number of thioether (sulfide) groups is 1. The van der Waals surface area contributed by atoms with Crippen LogP contribution < -0.4 is 11.1 Å². The highest BCUT2D eigenvalue weighted by Crippen LogP contribution is 2.27. The SMILES string of the molecule is Cl.Nc1cc(CSc2ccccc2C(=O)Nc2cc3ccccc3cn2)ccn1. The predicted molar refractivity (Wildman–Crippen MR) is 122 cm³/mol. The topological polar surface area (TPSA) is 80.9 Å². The van der Waals surface area contributed by atoms with Gasteiger partial charge in [-0.1, -0.05) is 36.4 Å². The highest BCUT2D eigenvalue weighted by Gasteiger charge is 2.13. The number of carbonyl (C=O) groups excluding carboxylic acids is 1. The lowest BCUT2D eigenvalue weighted by Gasteiger charge is -2.10. The third-order valence-corrected chi connectivity index (χ3v) is 5.39. The zero-order chi connectivity index (χ0) is 19.3. The minimum absolute atomic E-state index is 0. The molecule has 0 aliphatic rings. The second kappa shape index (κ2) is 9.41. The molecular weight excluding hydrogens is 404 g/mol. The molecule has 2 aromatic carbocycles. The molecule has 0 saturated heterocycles. The van der Waals surface area contributed by atoms with Gasteiger partial charge >= 0.3 is 0 Å². The number of benzene rings is 2. The number of nitrogens with one attached hydrogen (secondary N) is 1. The van der Waals surface area contributed by atoms with Crippen molar-refractivity contribution in [2.75, 3.05) is 11.1 Å². The minimum Gasteiger partial charge on any atom is -0.384 e. The molecule has 5 nitrogen and oxygen atoms in total. The van der Waals surface area contributed by atoms with E-state index in [4.69, 9.17) is 5.73 Å². The summed E-state index contributed by atoms with van der Waals surface area (Å²) in [5.41, 5.74) is 7.41.